The molecule has 1 rings (SSSR count). The molecule has 0 radical (unpaired) electrons. The van der Waals surface area contributed by atoms with Crippen LogP contribution in [0.2, 0.25) is 0 Å². The first-order chi connectivity index (χ1) is 10.9. The average molecular weight is 325 g/mol. The molecule has 132 valence electrons. The third kappa shape index (κ3) is 5.98. The molecule has 0 aromatic heterocycles. The zero-order valence-electron chi connectivity index (χ0n) is 14.5. The van der Waals surface area contributed by atoms with Crippen molar-refractivity contribution in [3.63, 3.8) is 0 Å². The number of carbonyl (C=O) groups excluding carboxylic acids is 1. The Hall–Kier alpha value is -1.36. The van der Waals surface area contributed by atoms with Gasteiger partial charge in [0.05, 0.1) is 6.10 Å². The molecular formula is C18H31NO4. The Morgan fingerprint density at radius 1 is 1.26 bits per heavy atom. The fourth-order valence-corrected chi connectivity index (χ4v) is 3.30. The van der Waals surface area contributed by atoms with E-state index in [1.54, 1.807) is 0 Å². The fraction of sp³-hybridized carbons (Fsp3) is 0.778. The Morgan fingerprint density at radius 3 is 2.52 bits per heavy atom. The number of nitrogens with one attached hydrogen (secondary N) is 1. The van der Waals surface area contributed by atoms with Crippen molar-refractivity contribution in [2.24, 2.45) is 17.8 Å². The molecule has 0 aliphatic heterocycles. The monoisotopic (exact) mass is 325 g/mol. The number of aliphatic hydroxyl groups is 1. The van der Waals surface area contributed by atoms with E-state index >= 15 is 0 Å². The average Bonchev–Trinajstić information content (AvgIpc) is 2.84. The zero-order valence-corrected chi connectivity index (χ0v) is 14.5. The number of hydrogen-bond donors (Lipinski definition) is 3. The van der Waals surface area contributed by atoms with E-state index in [-0.39, 0.29) is 29.8 Å². The standard InChI is InChI=1S/C18H31NO4/c1-4-6-7-8-14-13(9-10-15(14)20)11-16(21)19-17(18(22)23)12(3)5-2/h6-7,12-15,17,20H,4-5,8-11H2,1-3H3,(H,19,21)(H,22,23)/b7-6-/t12-,13+,14-,15+,17-/m0/s1. The van der Waals surface area contributed by atoms with Gasteiger partial charge in [0.2, 0.25) is 5.91 Å². The van der Waals surface area contributed by atoms with Gasteiger partial charge in [-0.3, -0.25) is 4.79 Å². The third-order valence-corrected chi connectivity index (χ3v) is 4.99. The van der Waals surface area contributed by atoms with Crippen LogP contribution in [0.15, 0.2) is 12.2 Å². The first-order valence-corrected chi connectivity index (χ1v) is 8.75. The largest absolute Gasteiger partial charge is 0.480 e. The van der Waals surface area contributed by atoms with Crippen LogP contribution in [0, 0.1) is 17.8 Å². The van der Waals surface area contributed by atoms with Crippen molar-refractivity contribution in [3.05, 3.63) is 12.2 Å². The molecule has 1 saturated carbocycles. The minimum Gasteiger partial charge on any atom is -0.480 e. The van der Waals surface area contributed by atoms with E-state index in [0.29, 0.717) is 12.8 Å². The first-order valence-electron chi connectivity index (χ1n) is 8.75. The van der Waals surface area contributed by atoms with Crippen LogP contribution in [-0.2, 0) is 9.59 Å². The minimum atomic E-state index is -0.985. The van der Waals surface area contributed by atoms with Crippen LogP contribution in [0.4, 0.5) is 0 Å². The smallest absolute Gasteiger partial charge is 0.326 e. The molecule has 1 aliphatic rings. The fourth-order valence-electron chi connectivity index (χ4n) is 3.30. The topological polar surface area (TPSA) is 86.6 Å². The minimum absolute atomic E-state index is 0.0930. The van der Waals surface area contributed by atoms with Crippen LogP contribution in [0.5, 0.6) is 0 Å². The lowest BCUT2D eigenvalue weighted by Gasteiger charge is -2.23. The highest BCUT2D eigenvalue weighted by Crippen LogP contribution is 2.37. The number of aliphatic carboxylic acids is 1. The van der Waals surface area contributed by atoms with Crippen molar-refractivity contribution >= 4 is 11.9 Å². The van der Waals surface area contributed by atoms with Gasteiger partial charge < -0.3 is 15.5 Å². The molecule has 3 N–H and O–H groups in total. The van der Waals surface area contributed by atoms with Crippen molar-refractivity contribution in [1.29, 1.82) is 0 Å². The number of carboxylic acids is 1. The van der Waals surface area contributed by atoms with Crippen LogP contribution in [-0.4, -0.2) is 34.2 Å². The molecule has 0 unspecified atom stereocenters. The highest BCUT2D eigenvalue weighted by molar-refractivity contribution is 5.83. The molecule has 5 heteroatoms. The van der Waals surface area contributed by atoms with E-state index < -0.39 is 12.0 Å². The lowest BCUT2D eigenvalue weighted by Crippen LogP contribution is -2.45. The van der Waals surface area contributed by atoms with Crippen LogP contribution < -0.4 is 5.32 Å². The summed E-state index contributed by atoms with van der Waals surface area (Å²) >= 11 is 0. The summed E-state index contributed by atoms with van der Waals surface area (Å²) < 4.78 is 0. The van der Waals surface area contributed by atoms with Crippen molar-refractivity contribution in [1.82, 2.24) is 5.32 Å². The second kappa shape index (κ2) is 9.71. The highest BCUT2D eigenvalue weighted by atomic mass is 16.4. The number of amides is 1. The number of hydrogen-bond acceptors (Lipinski definition) is 3. The van der Waals surface area contributed by atoms with E-state index in [1.165, 1.54) is 0 Å². The SMILES string of the molecule is CC/C=C\C[C@H]1[C@@H](CC(=O)N[C@H](C(=O)O)[C@@H](C)CC)CC[C@H]1O. The second-order valence-electron chi connectivity index (χ2n) is 6.66. The quantitative estimate of drug-likeness (QED) is 0.569. The molecule has 0 aromatic rings. The van der Waals surface area contributed by atoms with Gasteiger partial charge in [-0.1, -0.05) is 39.3 Å². The summed E-state index contributed by atoms with van der Waals surface area (Å²) in [4.78, 5) is 23.5. The maximum absolute atomic E-state index is 12.2. The summed E-state index contributed by atoms with van der Waals surface area (Å²) in [6.45, 7) is 5.81. The predicted octanol–water partition coefficient (Wildman–Crippen LogP) is 2.74. The molecule has 0 heterocycles. The van der Waals surface area contributed by atoms with Gasteiger partial charge in [-0.25, -0.2) is 4.79 Å². The zero-order chi connectivity index (χ0) is 17.4. The highest BCUT2D eigenvalue weighted by Gasteiger charge is 2.36. The van der Waals surface area contributed by atoms with E-state index in [2.05, 4.69) is 24.4 Å². The maximum Gasteiger partial charge on any atom is 0.326 e. The Bertz CT molecular complexity index is 421. The van der Waals surface area contributed by atoms with Gasteiger partial charge >= 0.3 is 5.97 Å². The maximum atomic E-state index is 12.2. The van der Waals surface area contributed by atoms with E-state index in [0.717, 1.165) is 25.7 Å². The summed E-state index contributed by atoms with van der Waals surface area (Å²) in [5.41, 5.74) is 0. The van der Waals surface area contributed by atoms with Gasteiger partial charge in [-0.15, -0.1) is 0 Å². The van der Waals surface area contributed by atoms with Gasteiger partial charge in [-0.2, -0.15) is 0 Å². The molecule has 1 aliphatic carbocycles. The van der Waals surface area contributed by atoms with Crippen LogP contribution >= 0.6 is 0 Å². The lowest BCUT2D eigenvalue weighted by atomic mass is 9.88. The van der Waals surface area contributed by atoms with Gasteiger partial charge in [0.25, 0.3) is 0 Å². The Balaban J connectivity index is 2.60. The predicted molar refractivity (Wildman–Crippen MR) is 89.9 cm³/mol. The molecule has 0 saturated heterocycles. The van der Waals surface area contributed by atoms with Crippen LogP contribution in [0.1, 0.15) is 59.3 Å². The number of aliphatic hydroxyl groups excluding tert-OH is 1. The molecular weight excluding hydrogens is 294 g/mol. The lowest BCUT2D eigenvalue weighted by molar-refractivity contribution is -0.143. The Labute approximate surface area is 139 Å². The van der Waals surface area contributed by atoms with Crippen molar-refractivity contribution in [2.75, 3.05) is 0 Å². The van der Waals surface area contributed by atoms with Crippen molar-refractivity contribution < 1.29 is 19.8 Å². The van der Waals surface area contributed by atoms with E-state index in [1.807, 2.05) is 13.8 Å². The van der Waals surface area contributed by atoms with Gasteiger partial charge in [0.1, 0.15) is 6.04 Å². The molecule has 1 amide bonds. The normalized spacial score (nSPS) is 27.0. The molecule has 5 atom stereocenters. The van der Waals surface area contributed by atoms with E-state index in [4.69, 9.17) is 0 Å². The number of allylic oxidation sites excluding steroid dienone is 2. The summed E-state index contributed by atoms with van der Waals surface area (Å²) in [6.07, 6.45) is 8.06. The summed E-state index contributed by atoms with van der Waals surface area (Å²) in [6, 6.07) is -0.836. The van der Waals surface area contributed by atoms with Crippen molar-refractivity contribution in [3.8, 4) is 0 Å². The Morgan fingerprint density at radius 2 is 1.96 bits per heavy atom. The molecule has 0 aromatic carbocycles. The Kier molecular flexibility index (Phi) is 8.31. The van der Waals surface area contributed by atoms with Crippen LogP contribution in [0.3, 0.4) is 0 Å². The number of carboxylic acid groups (broad SMARTS) is 1. The van der Waals surface area contributed by atoms with Crippen LogP contribution in [0.25, 0.3) is 0 Å². The second-order valence-corrected chi connectivity index (χ2v) is 6.66. The number of carbonyl (C=O) groups is 2. The summed E-state index contributed by atoms with van der Waals surface area (Å²) in [5.74, 6) is -1.09. The van der Waals surface area contributed by atoms with Gasteiger partial charge in [-0.05, 0) is 43.4 Å². The van der Waals surface area contributed by atoms with E-state index in [9.17, 15) is 19.8 Å². The molecule has 0 spiro atoms. The molecule has 23 heavy (non-hydrogen) atoms. The molecule has 1 fully saturated rings. The number of rotatable bonds is 9. The first kappa shape index (κ1) is 19.7. The summed E-state index contributed by atoms with van der Waals surface area (Å²) in [5, 5.41) is 22.0. The van der Waals surface area contributed by atoms with Crippen molar-refractivity contribution in [2.45, 2.75) is 71.4 Å². The summed E-state index contributed by atoms with van der Waals surface area (Å²) in [7, 11) is 0. The molecule has 5 nitrogen and oxygen atoms in total. The molecule has 0 bridgehead atoms. The van der Waals surface area contributed by atoms with Gasteiger partial charge in [0.15, 0.2) is 0 Å². The third-order valence-electron chi connectivity index (χ3n) is 4.99. The van der Waals surface area contributed by atoms with Gasteiger partial charge in [0, 0.05) is 6.42 Å².